The number of primary amides is 1. The van der Waals surface area contributed by atoms with Crippen LogP contribution in [0.5, 0.6) is 0 Å². The highest BCUT2D eigenvalue weighted by Crippen LogP contribution is 2.18. The molecule has 0 saturated heterocycles. The van der Waals surface area contributed by atoms with Crippen LogP contribution < -0.4 is 11.1 Å². The highest BCUT2D eigenvalue weighted by Gasteiger charge is 2.25. The van der Waals surface area contributed by atoms with Gasteiger partial charge >= 0.3 is 0 Å². The minimum absolute atomic E-state index is 0.155. The Morgan fingerprint density at radius 2 is 2.24 bits per heavy atom. The Balaban J connectivity index is 2.65. The zero-order valence-corrected chi connectivity index (χ0v) is 11.2. The maximum Gasteiger partial charge on any atom is 0.224 e. The van der Waals surface area contributed by atoms with Crippen LogP contribution in [-0.4, -0.2) is 22.2 Å². The predicted molar refractivity (Wildman–Crippen MR) is 67.3 cm³/mol. The maximum absolute atomic E-state index is 11.2. The lowest BCUT2D eigenvalue weighted by Crippen LogP contribution is -2.41. The van der Waals surface area contributed by atoms with Crippen molar-refractivity contribution >= 4 is 5.91 Å². The van der Waals surface area contributed by atoms with Crippen molar-refractivity contribution in [1.82, 2.24) is 15.1 Å². The van der Waals surface area contributed by atoms with E-state index in [1.165, 1.54) is 0 Å². The van der Waals surface area contributed by atoms with Crippen LogP contribution in [0.2, 0.25) is 0 Å². The molecule has 0 fully saturated rings. The van der Waals surface area contributed by atoms with Gasteiger partial charge in [0.25, 0.3) is 0 Å². The van der Waals surface area contributed by atoms with E-state index in [0.717, 1.165) is 11.3 Å². The van der Waals surface area contributed by atoms with Crippen molar-refractivity contribution in [3.63, 3.8) is 0 Å². The molecule has 3 N–H and O–H groups in total. The fourth-order valence-corrected chi connectivity index (χ4v) is 1.65. The zero-order chi connectivity index (χ0) is 13.2. The molecular formula is C12H22N4O. The first-order valence-electron chi connectivity index (χ1n) is 5.77. The van der Waals surface area contributed by atoms with Gasteiger partial charge in [-0.05, 0) is 27.7 Å². The Hall–Kier alpha value is -1.36. The van der Waals surface area contributed by atoms with Crippen LogP contribution in [-0.2, 0) is 11.8 Å². The maximum atomic E-state index is 11.2. The number of aromatic nitrogens is 2. The Bertz CT molecular complexity index is 409. The van der Waals surface area contributed by atoms with E-state index < -0.39 is 5.41 Å². The average molecular weight is 238 g/mol. The third-order valence-electron chi connectivity index (χ3n) is 3.04. The predicted octanol–water partition coefficient (Wildman–Crippen LogP) is 0.891. The minimum Gasteiger partial charge on any atom is -0.369 e. The Kier molecular flexibility index (Phi) is 3.93. The second kappa shape index (κ2) is 4.87. The number of carbonyl (C=O) groups excluding carboxylic acids is 1. The number of carbonyl (C=O) groups is 1. The van der Waals surface area contributed by atoms with Crippen molar-refractivity contribution < 1.29 is 4.79 Å². The number of amides is 1. The SMILES string of the molecule is Cc1nn(C)cc1C(C)NCC(C)(C)C(N)=O. The Morgan fingerprint density at radius 3 is 2.65 bits per heavy atom. The largest absolute Gasteiger partial charge is 0.369 e. The van der Waals surface area contributed by atoms with E-state index in [-0.39, 0.29) is 11.9 Å². The molecule has 0 aromatic carbocycles. The number of hydrogen-bond acceptors (Lipinski definition) is 3. The lowest BCUT2D eigenvalue weighted by atomic mass is 9.92. The van der Waals surface area contributed by atoms with Crippen molar-refractivity contribution in [2.75, 3.05) is 6.54 Å². The molecule has 1 aromatic heterocycles. The van der Waals surface area contributed by atoms with Crippen LogP contribution in [0.1, 0.15) is 38.1 Å². The topological polar surface area (TPSA) is 72.9 Å². The van der Waals surface area contributed by atoms with Crippen LogP contribution >= 0.6 is 0 Å². The van der Waals surface area contributed by atoms with Crippen LogP contribution in [0.15, 0.2) is 6.20 Å². The van der Waals surface area contributed by atoms with E-state index in [1.54, 1.807) is 4.68 Å². The molecule has 0 bridgehead atoms. The van der Waals surface area contributed by atoms with Gasteiger partial charge < -0.3 is 11.1 Å². The number of nitrogens with one attached hydrogen (secondary N) is 1. The van der Waals surface area contributed by atoms with Crippen molar-refractivity contribution in [2.24, 2.45) is 18.2 Å². The van der Waals surface area contributed by atoms with Crippen LogP contribution in [0.25, 0.3) is 0 Å². The van der Waals surface area contributed by atoms with Gasteiger partial charge in [-0.2, -0.15) is 5.10 Å². The number of hydrogen-bond donors (Lipinski definition) is 2. The Morgan fingerprint density at radius 1 is 1.65 bits per heavy atom. The van der Waals surface area contributed by atoms with Crippen LogP contribution in [0.3, 0.4) is 0 Å². The molecule has 1 atom stereocenters. The highest BCUT2D eigenvalue weighted by molar-refractivity contribution is 5.80. The summed E-state index contributed by atoms with van der Waals surface area (Å²) in [7, 11) is 1.90. The average Bonchev–Trinajstić information content (AvgIpc) is 2.54. The molecular weight excluding hydrogens is 216 g/mol. The molecule has 0 spiro atoms. The lowest BCUT2D eigenvalue weighted by molar-refractivity contribution is -0.125. The summed E-state index contributed by atoms with van der Waals surface area (Å²) in [6.45, 7) is 8.27. The summed E-state index contributed by atoms with van der Waals surface area (Å²) in [6.07, 6.45) is 1.99. The van der Waals surface area contributed by atoms with Crippen LogP contribution in [0.4, 0.5) is 0 Å². The molecule has 1 heterocycles. The van der Waals surface area contributed by atoms with Crippen molar-refractivity contribution in [2.45, 2.75) is 33.7 Å². The molecule has 0 saturated carbocycles. The molecule has 0 aliphatic rings. The fourth-order valence-electron chi connectivity index (χ4n) is 1.65. The number of nitrogens with two attached hydrogens (primary N) is 1. The van der Waals surface area contributed by atoms with Gasteiger partial charge in [0.1, 0.15) is 0 Å². The van der Waals surface area contributed by atoms with Gasteiger partial charge in [0.2, 0.25) is 5.91 Å². The molecule has 1 aromatic rings. The standard InChI is InChI=1S/C12H22N4O/c1-8(10-6-16(5)15-9(10)2)14-7-12(3,4)11(13)17/h6,8,14H,7H2,1-5H3,(H2,13,17). The van der Waals surface area contributed by atoms with Gasteiger partial charge in [0, 0.05) is 31.4 Å². The lowest BCUT2D eigenvalue weighted by Gasteiger charge is -2.23. The van der Waals surface area contributed by atoms with E-state index in [1.807, 2.05) is 34.0 Å². The molecule has 0 radical (unpaired) electrons. The fraction of sp³-hybridized carbons (Fsp3) is 0.667. The molecule has 5 nitrogen and oxygen atoms in total. The smallest absolute Gasteiger partial charge is 0.224 e. The highest BCUT2D eigenvalue weighted by atomic mass is 16.1. The van der Waals surface area contributed by atoms with Gasteiger partial charge in [-0.25, -0.2) is 0 Å². The Labute approximate surface area is 102 Å². The zero-order valence-electron chi connectivity index (χ0n) is 11.2. The molecule has 17 heavy (non-hydrogen) atoms. The van der Waals surface area contributed by atoms with Gasteiger partial charge in [-0.3, -0.25) is 9.48 Å². The first kappa shape index (κ1) is 13.7. The van der Waals surface area contributed by atoms with Gasteiger partial charge in [0.15, 0.2) is 0 Å². The van der Waals surface area contributed by atoms with Crippen molar-refractivity contribution in [3.05, 3.63) is 17.5 Å². The second-order valence-corrected chi connectivity index (χ2v) is 5.19. The molecule has 5 heteroatoms. The molecule has 0 aliphatic heterocycles. The quantitative estimate of drug-likeness (QED) is 0.800. The van der Waals surface area contributed by atoms with Gasteiger partial charge in [-0.1, -0.05) is 0 Å². The summed E-state index contributed by atoms with van der Waals surface area (Å²) in [5, 5.41) is 7.62. The normalized spacial score (nSPS) is 13.7. The van der Waals surface area contributed by atoms with Gasteiger partial charge in [-0.15, -0.1) is 0 Å². The number of rotatable bonds is 5. The number of nitrogens with zero attached hydrogens (tertiary/aromatic N) is 2. The summed E-state index contributed by atoms with van der Waals surface area (Å²) in [6, 6.07) is 0.155. The van der Waals surface area contributed by atoms with Crippen LogP contribution in [0, 0.1) is 12.3 Å². The van der Waals surface area contributed by atoms with Gasteiger partial charge in [0.05, 0.1) is 11.1 Å². The third kappa shape index (κ3) is 3.30. The molecule has 1 amide bonds. The molecule has 1 unspecified atom stereocenters. The summed E-state index contributed by atoms with van der Waals surface area (Å²) in [4.78, 5) is 11.2. The first-order valence-corrected chi connectivity index (χ1v) is 5.77. The molecule has 96 valence electrons. The van der Waals surface area contributed by atoms with Crippen molar-refractivity contribution in [3.8, 4) is 0 Å². The first-order chi connectivity index (χ1) is 7.74. The van der Waals surface area contributed by atoms with E-state index in [2.05, 4.69) is 17.3 Å². The minimum atomic E-state index is -0.537. The van der Waals surface area contributed by atoms with E-state index >= 15 is 0 Å². The van der Waals surface area contributed by atoms with Crippen molar-refractivity contribution in [1.29, 1.82) is 0 Å². The number of aryl methyl sites for hydroxylation is 2. The van der Waals surface area contributed by atoms with E-state index in [9.17, 15) is 4.79 Å². The summed E-state index contributed by atoms with van der Waals surface area (Å²) in [5.74, 6) is -0.292. The monoisotopic (exact) mass is 238 g/mol. The summed E-state index contributed by atoms with van der Waals surface area (Å²) in [5.41, 5.74) is 6.95. The molecule has 1 rings (SSSR count). The summed E-state index contributed by atoms with van der Waals surface area (Å²) < 4.78 is 1.79. The van der Waals surface area contributed by atoms with E-state index in [4.69, 9.17) is 5.73 Å². The third-order valence-corrected chi connectivity index (χ3v) is 3.04. The summed E-state index contributed by atoms with van der Waals surface area (Å²) >= 11 is 0. The second-order valence-electron chi connectivity index (χ2n) is 5.19. The molecule has 0 aliphatic carbocycles. The van der Waals surface area contributed by atoms with E-state index in [0.29, 0.717) is 6.54 Å².